The number of carboxylic acid groups (broad SMARTS) is 1. The Morgan fingerprint density at radius 3 is 2.59 bits per heavy atom. The van der Waals surface area contributed by atoms with Crippen molar-refractivity contribution in [2.75, 3.05) is 14.1 Å². The SMILES string of the molecule is [2H]COc1c(Br)cc(C[C@H](NC)C(=O)O)cc1Br. The highest BCUT2D eigenvalue weighted by molar-refractivity contribution is 9.11. The minimum absolute atomic E-state index is 0.176. The van der Waals surface area contributed by atoms with Crippen LogP contribution in [0.2, 0.25) is 0 Å². The molecule has 6 heteroatoms. The first kappa shape index (κ1) is 12.9. The summed E-state index contributed by atoms with van der Waals surface area (Å²) in [6.07, 6.45) is 0.365. The molecule has 1 aromatic rings. The lowest BCUT2D eigenvalue weighted by Crippen LogP contribution is -2.35. The van der Waals surface area contributed by atoms with E-state index in [9.17, 15) is 4.79 Å². The van der Waals surface area contributed by atoms with E-state index in [0.717, 1.165) is 5.56 Å². The van der Waals surface area contributed by atoms with Crippen LogP contribution in [0.15, 0.2) is 21.1 Å². The van der Waals surface area contributed by atoms with E-state index in [1.165, 1.54) is 0 Å². The Kier molecular flexibility index (Phi) is 4.82. The molecule has 0 fully saturated rings. The van der Waals surface area contributed by atoms with Crippen LogP contribution in [-0.4, -0.2) is 31.3 Å². The lowest BCUT2D eigenvalue weighted by molar-refractivity contribution is -0.139. The highest BCUT2D eigenvalue weighted by atomic mass is 79.9. The zero-order valence-electron chi connectivity index (χ0n) is 10.2. The molecule has 94 valence electrons. The molecule has 0 aliphatic rings. The molecule has 0 saturated heterocycles. The number of carboxylic acids is 1. The average molecular weight is 368 g/mol. The van der Waals surface area contributed by atoms with E-state index in [1.807, 2.05) is 0 Å². The maximum atomic E-state index is 10.9. The first-order valence-corrected chi connectivity index (χ1v) is 6.38. The maximum Gasteiger partial charge on any atom is 0.321 e. The van der Waals surface area contributed by atoms with Crippen LogP contribution in [-0.2, 0) is 11.2 Å². The Labute approximate surface area is 118 Å². The van der Waals surface area contributed by atoms with E-state index in [2.05, 4.69) is 37.2 Å². The van der Waals surface area contributed by atoms with Crippen molar-refractivity contribution in [3.8, 4) is 5.75 Å². The van der Waals surface area contributed by atoms with Crippen LogP contribution >= 0.6 is 31.9 Å². The summed E-state index contributed by atoms with van der Waals surface area (Å²) in [5.74, 6) is -0.346. The first-order valence-electron chi connectivity index (χ1n) is 5.50. The number of likely N-dealkylation sites (N-methyl/N-ethyl adjacent to an activating group) is 1. The number of hydrogen-bond acceptors (Lipinski definition) is 3. The minimum atomic E-state index is -0.892. The number of benzene rings is 1. The van der Waals surface area contributed by atoms with Crippen LogP contribution < -0.4 is 10.1 Å². The van der Waals surface area contributed by atoms with Gasteiger partial charge in [-0.1, -0.05) is 0 Å². The molecule has 0 aromatic heterocycles. The van der Waals surface area contributed by atoms with Gasteiger partial charge in [-0.25, -0.2) is 0 Å². The molecule has 4 nitrogen and oxygen atoms in total. The second-order valence-corrected chi connectivity index (χ2v) is 5.13. The fourth-order valence-corrected chi connectivity index (χ4v) is 2.93. The van der Waals surface area contributed by atoms with Crippen LogP contribution in [0.5, 0.6) is 5.75 Å². The molecular weight excluding hydrogens is 354 g/mol. The second-order valence-electron chi connectivity index (χ2n) is 3.42. The van der Waals surface area contributed by atoms with E-state index in [-0.39, 0.29) is 7.09 Å². The topological polar surface area (TPSA) is 58.6 Å². The van der Waals surface area contributed by atoms with Crippen LogP contribution in [0.1, 0.15) is 6.93 Å². The molecular formula is C11H13Br2NO3. The highest BCUT2D eigenvalue weighted by Gasteiger charge is 2.17. The van der Waals surface area contributed by atoms with Crippen LogP contribution in [0.4, 0.5) is 0 Å². The highest BCUT2D eigenvalue weighted by Crippen LogP contribution is 2.34. The zero-order chi connectivity index (χ0) is 13.7. The Hall–Kier alpha value is -0.590. The molecule has 2 N–H and O–H groups in total. The van der Waals surface area contributed by atoms with Crippen molar-refractivity contribution < 1.29 is 16.0 Å². The molecule has 1 rings (SSSR count). The van der Waals surface area contributed by atoms with E-state index in [0.29, 0.717) is 21.1 Å². The van der Waals surface area contributed by atoms with Crippen molar-refractivity contribution in [3.63, 3.8) is 0 Å². The van der Waals surface area contributed by atoms with E-state index >= 15 is 0 Å². The summed E-state index contributed by atoms with van der Waals surface area (Å²) in [6, 6.07) is 2.96. The quantitative estimate of drug-likeness (QED) is 0.839. The Bertz CT molecular complexity index is 419. The molecule has 0 spiro atoms. The summed E-state index contributed by atoms with van der Waals surface area (Å²) in [5.41, 5.74) is 0.854. The number of ether oxygens (including phenoxy) is 1. The fraction of sp³-hybridized carbons (Fsp3) is 0.364. The van der Waals surface area contributed by atoms with Gasteiger partial charge in [0.2, 0.25) is 0 Å². The number of rotatable bonds is 5. The summed E-state index contributed by atoms with van der Waals surface area (Å²) in [5, 5.41) is 11.7. The van der Waals surface area contributed by atoms with Gasteiger partial charge < -0.3 is 15.2 Å². The molecule has 0 heterocycles. The molecule has 0 saturated carbocycles. The standard InChI is InChI=1S/C11H13Br2NO3/c1-14-9(11(15)16)5-6-3-7(12)10(17-2)8(13)4-6/h3-4,9,14H,5H2,1-2H3,(H,15,16)/t9-/m0/s1/i2D. The smallest absolute Gasteiger partial charge is 0.321 e. The van der Waals surface area contributed by atoms with Gasteiger partial charge >= 0.3 is 5.97 Å². The summed E-state index contributed by atoms with van der Waals surface area (Å²) >= 11 is 6.68. The van der Waals surface area contributed by atoms with Gasteiger partial charge in [-0.15, -0.1) is 0 Å². The summed E-state index contributed by atoms with van der Waals surface area (Å²) in [6.45, 7) is 0. The van der Waals surface area contributed by atoms with Gasteiger partial charge in [-0.05, 0) is 63.0 Å². The molecule has 0 amide bonds. The van der Waals surface area contributed by atoms with Crippen LogP contribution in [0, 0.1) is 0 Å². The third kappa shape index (κ3) is 3.69. The van der Waals surface area contributed by atoms with E-state index in [4.69, 9.17) is 11.2 Å². The third-order valence-corrected chi connectivity index (χ3v) is 3.47. The first-order chi connectivity index (χ1) is 8.49. The molecule has 17 heavy (non-hydrogen) atoms. The molecule has 0 radical (unpaired) electrons. The van der Waals surface area contributed by atoms with Crippen LogP contribution in [0.25, 0.3) is 0 Å². The van der Waals surface area contributed by atoms with E-state index in [1.54, 1.807) is 19.2 Å². The molecule has 1 atom stereocenters. The predicted octanol–water partition coefficient (Wildman–Crippen LogP) is 2.44. The molecule has 0 unspecified atom stereocenters. The van der Waals surface area contributed by atoms with Gasteiger partial charge in [0.05, 0.1) is 17.4 Å². The van der Waals surface area contributed by atoms with Gasteiger partial charge in [0.15, 0.2) is 0 Å². The molecule has 1 aromatic carbocycles. The summed E-state index contributed by atoms with van der Waals surface area (Å²) < 4.78 is 13.6. The van der Waals surface area contributed by atoms with E-state index < -0.39 is 12.0 Å². The summed E-state index contributed by atoms with van der Waals surface area (Å²) in [4.78, 5) is 10.9. The molecule has 0 bridgehead atoms. The number of carbonyl (C=O) groups is 1. The monoisotopic (exact) mass is 366 g/mol. The molecule has 0 aliphatic heterocycles. The third-order valence-electron chi connectivity index (χ3n) is 2.29. The predicted molar refractivity (Wildman–Crippen MR) is 72.6 cm³/mol. The van der Waals surface area contributed by atoms with Crippen molar-refractivity contribution in [2.24, 2.45) is 0 Å². The van der Waals surface area contributed by atoms with Gasteiger partial charge in [0, 0.05) is 0 Å². The van der Waals surface area contributed by atoms with Gasteiger partial charge in [0.1, 0.15) is 11.8 Å². The number of aliphatic carboxylic acids is 1. The van der Waals surface area contributed by atoms with Crippen molar-refractivity contribution in [1.82, 2.24) is 5.32 Å². The zero-order valence-corrected chi connectivity index (χ0v) is 12.3. The maximum absolute atomic E-state index is 10.9. The van der Waals surface area contributed by atoms with Crippen LogP contribution in [0.3, 0.4) is 0 Å². The molecule has 0 aliphatic carbocycles. The van der Waals surface area contributed by atoms with Gasteiger partial charge in [-0.2, -0.15) is 0 Å². The van der Waals surface area contributed by atoms with Gasteiger partial charge in [-0.3, -0.25) is 4.79 Å². The second kappa shape index (κ2) is 6.37. The van der Waals surface area contributed by atoms with Crippen molar-refractivity contribution in [2.45, 2.75) is 12.5 Å². The number of nitrogens with one attached hydrogen (secondary N) is 1. The van der Waals surface area contributed by atoms with Crippen molar-refractivity contribution in [1.29, 1.82) is 0 Å². The Balaban J connectivity index is 2.95. The van der Waals surface area contributed by atoms with Crippen molar-refractivity contribution >= 4 is 37.8 Å². The largest absolute Gasteiger partial charge is 0.494 e. The van der Waals surface area contributed by atoms with Gasteiger partial charge in [0.25, 0.3) is 0 Å². The summed E-state index contributed by atoms with van der Waals surface area (Å²) in [7, 11) is 1.44. The number of halogens is 2. The normalized spacial score (nSPS) is 13.0. The Morgan fingerprint density at radius 2 is 2.18 bits per heavy atom. The average Bonchev–Trinajstić information content (AvgIpc) is 2.30. The fourth-order valence-electron chi connectivity index (χ4n) is 1.42. The Morgan fingerprint density at radius 1 is 1.59 bits per heavy atom. The lowest BCUT2D eigenvalue weighted by atomic mass is 10.1. The van der Waals surface area contributed by atoms with Crippen molar-refractivity contribution in [3.05, 3.63) is 26.6 Å². The lowest BCUT2D eigenvalue weighted by Gasteiger charge is -2.13. The number of hydrogen-bond donors (Lipinski definition) is 2. The minimum Gasteiger partial charge on any atom is -0.494 e. The number of methoxy groups -OCH3 is 1.